The topological polar surface area (TPSA) is 59.8 Å². The van der Waals surface area contributed by atoms with Crippen LogP contribution in [0.5, 0.6) is 0 Å². The van der Waals surface area contributed by atoms with Crippen molar-refractivity contribution in [2.75, 3.05) is 6.54 Å². The normalized spacial score (nSPS) is 12.3. The smallest absolute Gasteiger partial charge is 0.252 e. The summed E-state index contributed by atoms with van der Waals surface area (Å²) in [5, 5.41) is 3.90. The van der Waals surface area contributed by atoms with Crippen LogP contribution in [0.2, 0.25) is 0 Å². The fraction of sp³-hybridized carbons (Fsp3) is 0.278. The lowest BCUT2D eigenvalue weighted by Gasteiger charge is -2.15. The summed E-state index contributed by atoms with van der Waals surface area (Å²) in [6.07, 6.45) is 5.39. The SMILES string of the molecule is Cc1ccc2nc(C)cc(C(=O)NC[C@H](C)n3ccnc3)c2c1. The van der Waals surface area contributed by atoms with Gasteiger partial charge >= 0.3 is 0 Å². The van der Waals surface area contributed by atoms with Gasteiger partial charge in [-0.15, -0.1) is 0 Å². The minimum absolute atomic E-state index is 0.0712. The van der Waals surface area contributed by atoms with Crippen LogP contribution in [0.3, 0.4) is 0 Å². The van der Waals surface area contributed by atoms with Gasteiger partial charge in [-0.1, -0.05) is 11.6 Å². The number of hydrogen-bond donors (Lipinski definition) is 1. The minimum Gasteiger partial charge on any atom is -0.350 e. The van der Waals surface area contributed by atoms with Crippen molar-refractivity contribution in [2.24, 2.45) is 0 Å². The highest BCUT2D eigenvalue weighted by atomic mass is 16.1. The van der Waals surface area contributed by atoms with E-state index in [1.54, 1.807) is 12.5 Å². The largest absolute Gasteiger partial charge is 0.350 e. The van der Waals surface area contributed by atoms with Gasteiger partial charge in [0.05, 0.1) is 17.4 Å². The number of aryl methyl sites for hydroxylation is 2. The van der Waals surface area contributed by atoms with Crippen molar-refractivity contribution in [3.05, 3.63) is 59.8 Å². The fourth-order valence-electron chi connectivity index (χ4n) is 2.63. The highest BCUT2D eigenvalue weighted by molar-refractivity contribution is 6.06. The van der Waals surface area contributed by atoms with E-state index in [-0.39, 0.29) is 11.9 Å². The molecule has 1 amide bonds. The average molecular weight is 308 g/mol. The Balaban J connectivity index is 1.84. The second kappa shape index (κ2) is 6.20. The molecule has 0 bridgehead atoms. The first-order chi connectivity index (χ1) is 11.0. The van der Waals surface area contributed by atoms with E-state index in [1.807, 2.05) is 55.8 Å². The summed E-state index contributed by atoms with van der Waals surface area (Å²) in [6.45, 7) is 6.51. The lowest BCUT2D eigenvalue weighted by Crippen LogP contribution is -2.29. The third-order valence-electron chi connectivity index (χ3n) is 3.93. The molecule has 2 heterocycles. The van der Waals surface area contributed by atoms with Gasteiger partial charge < -0.3 is 9.88 Å². The quantitative estimate of drug-likeness (QED) is 0.806. The van der Waals surface area contributed by atoms with Gasteiger partial charge in [0.25, 0.3) is 5.91 Å². The molecular weight excluding hydrogens is 288 g/mol. The molecule has 0 aliphatic carbocycles. The van der Waals surface area contributed by atoms with E-state index in [1.165, 1.54) is 0 Å². The van der Waals surface area contributed by atoms with Crippen LogP contribution in [-0.2, 0) is 0 Å². The highest BCUT2D eigenvalue weighted by Crippen LogP contribution is 2.20. The molecule has 3 rings (SSSR count). The van der Waals surface area contributed by atoms with Crippen molar-refractivity contribution in [3.63, 3.8) is 0 Å². The predicted molar refractivity (Wildman–Crippen MR) is 90.5 cm³/mol. The molecule has 0 saturated heterocycles. The van der Waals surface area contributed by atoms with E-state index >= 15 is 0 Å². The number of benzene rings is 1. The molecule has 0 aliphatic heterocycles. The van der Waals surface area contributed by atoms with Gasteiger partial charge in [0.2, 0.25) is 0 Å². The van der Waals surface area contributed by atoms with Crippen molar-refractivity contribution >= 4 is 16.8 Å². The second-order valence-corrected chi connectivity index (χ2v) is 5.90. The Bertz CT molecular complexity index is 840. The number of fused-ring (bicyclic) bond motifs is 1. The van der Waals surface area contributed by atoms with Crippen molar-refractivity contribution < 1.29 is 4.79 Å². The van der Waals surface area contributed by atoms with Gasteiger partial charge in [0.15, 0.2) is 0 Å². The Hall–Kier alpha value is -2.69. The van der Waals surface area contributed by atoms with Crippen LogP contribution in [0.1, 0.15) is 34.6 Å². The molecule has 0 spiro atoms. The Morgan fingerprint density at radius 2 is 2.13 bits per heavy atom. The molecule has 3 aromatic rings. The van der Waals surface area contributed by atoms with E-state index < -0.39 is 0 Å². The number of aromatic nitrogens is 3. The lowest BCUT2D eigenvalue weighted by atomic mass is 10.0. The summed E-state index contributed by atoms with van der Waals surface area (Å²) < 4.78 is 1.97. The second-order valence-electron chi connectivity index (χ2n) is 5.90. The minimum atomic E-state index is -0.0712. The van der Waals surface area contributed by atoms with Crippen molar-refractivity contribution in [2.45, 2.75) is 26.8 Å². The third-order valence-corrected chi connectivity index (χ3v) is 3.93. The molecule has 5 heteroatoms. The molecular formula is C18H20N4O. The van der Waals surface area contributed by atoms with Crippen molar-refractivity contribution in [3.8, 4) is 0 Å². The van der Waals surface area contributed by atoms with Gasteiger partial charge in [-0.25, -0.2) is 4.98 Å². The number of nitrogens with one attached hydrogen (secondary N) is 1. The lowest BCUT2D eigenvalue weighted by molar-refractivity contribution is 0.0950. The summed E-state index contributed by atoms with van der Waals surface area (Å²) in [5.74, 6) is -0.0712. The number of nitrogens with zero attached hydrogens (tertiary/aromatic N) is 3. The van der Waals surface area contributed by atoms with Crippen LogP contribution in [-0.4, -0.2) is 27.0 Å². The van der Waals surface area contributed by atoms with E-state index in [0.29, 0.717) is 12.1 Å². The first-order valence-electron chi connectivity index (χ1n) is 7.68. The maximum atomic E-state index is 12.6. The molecule has 1 atom stereocenters. The maximum Gasteiger partial charge on any atom is 0.252 e. The molecule has 118 valence electrons. The van der Waals surface area contributed by atoms with Crippen molar-refractivity contribution in [1.82, 2.24) is 19.9 Å². The first kappa shape index (κ1) is 15.2. The molecule has 0 saturated carbocycles. The first-order valence-corrected chi connectivity index (χ1v) is 7.68. The number of hydrogen-bond acceptors (Lipinski definition) is 3. The zero-order valence-corrected chi connectivity index (χ0v) is 13.6. The zero-order valence-electron chi connectivity index (χ0n) is 13.6. The van der Waals surface area contributed by atoms with Crippen LogP contribution < -0.4 is 5.32 Å². The van der Waals surface area contributed by atoms with Crippen LogP contribution in [0.4, 0.5) is 0 Å². The number of carbonyl (C=O) groups excluding carboxylic acids is 1. The summed E-state index contributed by atoms with van der Waals surface area (Å²) >= 11 is 0. The maximum absolute atomic E-state index is 12.6. The molecule has 0 unspecified atom stereocenters. The molecule has 23 heavy (non-hydrogen) atoms. The van der Waals surface area contributed by atoms with E-state index in [4.69, 9.17) is 0 Å². The molecule has 2 aromatic heterocycles. The fourth-order valence-corrected chi connectivity index (χ4v) is 2.63. The summed E-state index contributed by atoms with van der Waals surface area (Å²) in [6, 6.07) is 7.98. The zero-order chi connectivity index (χ0) is 16.4. The molecule has 0 fully saturated rings. The number of carbonyl (C=O) groups is 1. The van der Waals surface area contributed by atoms with E-state index in [0.717, 1.165) is 22.2 Å². The number of imidazole rings is 1. The summed E-state index contributed by atoms with van der Waals surface area (Å²) in [7, 11) is 0. The predicted octanol–water partition coefficient (Wildman–Crippen LogP) is 3.04. The van der Waals surface area contributed by atoms with Gasteiger partial charge in [-0.2, -0.15) is 0 Å². The van der Waals surface area contributed by atoms with Gasteiger partial charge in [0, 0.05) is 36.1 Å². The summed E-state index contributed by atoms with van der Waals surface area (Å²) in [4.78, 5) is 21.2. The van der Waals surface area contributed by atoms with Gasteiger partial charge in [-0.3, -0.25) is 9.78 Å². The number of pyridine rings is 1. The Kier molecular flexibility index (Phi) is 4.10. The summed E-state index contributed by atoms with van der Waals surface area (Å²) in [5.41, 5.74) is 3.48. The highest BCUT2D eigenvalue weighted by Gasteiger charge is 2.13. The number of rotatable bonds is 4. The van der Waals surface area contributed by atoms with E-state index in [9.17, 15) is 4.79 Å². The van der Waals surface area contributed by atoms with Gasteiger partial charge in [0.1, 0.15) is 0 Å². The van der Waals surface area contributed by atoms with Crippen LogP contribution in [0.15, 0.2) is 43.0 Å². The molecule has 0 aliphatic rings. The third kappa shape index (κ3) is 3.23. The van der Waals surface area contributed by atoms with Gasteiger partial charge in [-0.05, 0) is 39.0 Å². The van der Waals surface area contributed by atoms with Crippen molar-refractivity contribution in [1.29, 1.82) is 0 Å². The van der Waals surface area contributed by atoms with E-state index in [2.05, 4.69) is 15.3 Å². The average Bonchev–Trinajstić information content (AvgIpc) is 3.06. The Labute approximate surface area is 135 Å². The standard InChI is InChI=1S/C18H20N4O/c1-12-4-5-17-15(8-12)16(9-13(2)21-17)18(23)20-10-14(3)22-7-6-19-11-22/h4-9,11,14H,10H2,1-3H3,(H,20,23)/t14-/m0/s1. The molecule has 1 N–H and O–H groups in total. The molecule has 5 nitrogen and oxygen atoms in total. The van der Waals surface area contributed by atoms with Crippen LogP contribution >= 0.6 is 0 Å². The number of amides is 1. The monoisotopic (exact) mass is 308 g/mol. The Morgan fingerprint density at radius 3 is 2.87 bits per heavy atom. The van der Waals surface area contributed by atoms with Crippen LogP contribution in [0.25, 0.3) is 10.9 Å². The Morgan fingerprint density at radius 1 is 1.30 bits per heavy atom. The molecule has 1 aromatic carbocycles. The molecule has 0 radical (unpaired) electrons. The van der Waals surface area contributed by atoms with Crippen LogP contribution in [0, 0.1) is 13.8 Å².